The Labute approximate surface area is 117 Å². The van der Waals surface area contributed by atoms with Crippen molar-refractivity contribution in [3.63, 3.8) is 0 Å². The van der Waals surface area contributed by atoms with Crippen molar-refractivity contribution < 1.29 is 9.84 Å². The van der Waals surface area contributed by atoms with Gasteiger partial charge in [0.05, 0.1) is 6.10 Å². The number of halogens is 1. The van der Waals surface area contributed by atoms with Crippen molar-refractivity contribution in [2.24, 2.45) is 0 Å². The highest BCUT2D eigenvalue weighted by Crippen LogP contribution is 2.41. The smallest absolute Gasteiger partial charge is 0.127 e. The van der Waals surface area contributed by atoms with Crippen LogP contribution in [0.15, 0.2) is 42.5 Å². The van der Waals surface area contributed by atoms with E-state index in [4.69, 9.17) is 16.3 Å². The molecule has 1 aliphatic rings. The molecule has 98 valence electrons. The molecule has 0 radical (unpaired) electrons. The van der Waals surface area contributed by atoms with Gasteiger partial charge >= 0.3 is 0 Å². The molecule has 0 saturated carbocycles. The van der Waals surface area contributed by atoms with E-state index >= 15 is 0 Å². The second kappa shape index (κ2) is 4.87. The van der Waals surface area contributed by atoms with Gasteiger partial charge in [0.25, 0.3) is 0 Å². The van der Waals surface area contributed by atoms with Crippen molar-refractivity contribution in [2.45, 2.75) is 25.6 Å². The molecule has 2 aromatic rings. The Hall–Kier alpha value is -1.51. The monoisotopic (exact) mass is 274 g/mol. The summed E-state index contributed by atoms with van der Waals surface area (Å²) in [7, 11) is 0. The van der Waals surface area contributed by atoms with Crippen LogP contribution < -0.4 is 4.74 Å². The van der Waals surface area contributed by atoms with Crippen LogP contribution in [0.5, 0.6) is 5.75 Å². The van der Waals surface area contributed by atoms with Crippen molar-refractivity contribution in [3.05, 3.63) is 64.2 Å². The van der Waals surface area contributed by atoms with Gasteiger partial charge in [-0.1, -0.05) is 35.4 Å². The lowest BCUT2D eigenvalue weighted by molar-refractivity contribution is 0.0657. The molecule has 1 heterocycles. The number of rotatable bonds is 1. The highest BCUT2D eigenvalue weighted by Gasteiger charge is 2.27. The molecule has 0 spiro atoms. The number of hydrogen-bond acceptors (Lipinski definition) is 2. The fourth-order valence-corrected chi connectivity index (χ4v) is 2.57. The third kappa shape index (κ3) is 2.46. The second-order valence-corrected chi connectivity index (χ2v) is 5.39. The first-order valence-corrected chi connectivity index (χ1v) is 6.72. The van der Waals surface area contributed by atoms with Crippen LogP contribution in [-0.4, -0.2) is 5.11 Å². The van der Waals surface area contributed by atoms with Crippen LogP contribution >= 0.6 is 11.6 Å². The first kappa shape index (κ1) is 12.5. The average Bonchev–Trinajstić information content (AvgIpc) is 2.40. The van der Waals surface area contributed by atoms with Crippen LogP contribution in [0.25, 0.3) is 0 Å². The third-order valence-electron chi connectivity index (χ3n) is 3.47. The van der Waals surface area contributed by atoms with Gasteiger partial charge in [-0.25, -0.2) is 0 Å². The molecule has 0 bridgehead atoms. The van der Waals surface area contributed by atoms with E-state index in [1.165, 1.54) is 0 Å². The lowest BCUT2D eigenvalue weighted by Gasteiger charge is -2.30. The first-order valence-electron chi connectivity index (χ1n) is 6.34. The molecule has 0 aliphatic carbocycles. The van der Waals surface area contributed by atoms with Gasteiger partial charge in [0, 0.05) is 17.0 Å². The van der Waals surface area contributed by atoms with E-state index in [1.807, 2.05) is 49.4 Å². The molecule has 2 nitrogen and oxygen atoms in total. The molecule has 2 aromatic carbocycles. The molecule has 0 amide bonds. The molecule has 0 saturated heterocycles. The van der Waals surface area contributed by atoms with Gasteiger partial charge in [0.2, 0.25) is 0 Å². The standard InChI is InChI=1S/C16H15ClO2/c1-10-2-7-15-13(8-10)14(18)9-16(19-15)11-3-5-12(17)6-4-11/h2-8,14,16,18H,9H2,1H3/t14-,16?/m1/s1. The van der Waals surface area contributed by atoms with E-state index < -0.39 is 6.10 Å². The van der Waals surface area contributed by atoms with E-state index in [9.17, 15) is 5.11 Å². The topological polar surface area (TPSA) is 29.5 Å². The summed E-state index contributed by atoms with van der Waals surface area (Å²) in [5.74, 6) is 0.768. The summed E-state index contributed by atoms with van der Waals surface area (Å²) in [4.78, 5) is 0. The number of hydrogen-bond donors (Lipinski definition) is 1. The minimum Gasteiger partial charge on any atom is -0.485 e. The lowest BCUT2D eigenvalue weighted by Crippen LogP contribution is -2.19. The number of ether oxygens (including phenoxy) is 1. The lowest BCUT2D eigenvalue weighted by atomic mass is 9.94. The Bertz CT molecular complexity index is 592. The summed E-state index contributed by atoms with van der Waals surface area (Å²) < 4.78 is 5.98. The zero-order valence-electron chi connectivity index (χ0n) is 10.6. The summed E-state index contributed by atoms with van der Waals surface area (Å²) in [5.41, 5.74) is 3.05. The van der Waals surface area contributed by atoms with Gasteiger partial charge in [-0.15, -0.1) is 0 Å². The van der Waals surface area contributed by atoms with E-state index in [2.05, 4.69) is 0 Å². The summed E-state index contributed by atoms with van der Waals surface area (Å²) >= 11 is 5.89. The molecule has 0 aromatic heterocycles. The number of aliphatic hydroxyl groups is 1. The van der Waals surface area contributed by atoms with Gasteiger partial charge in [0.15, 0.2) is 0 Å². The Balaban J connectivity index is 1.92. The van der Waals surface area contributed by atoms with Crippen molar-refractivity contribution in [2.75, 3.05) is 0 Å². The normalized spacial score (nSPS) is 21.6. The SMILES string of the molecule is Cc1ccc2c(c1)[C@H](O)CC(c1ccc(Cl)cc1)O2. The molecule has 19 heavy (non-hydrogen) atoms. The van der Waals surface area contributed by atoms with Crippen molar-refractivity contribution in [3.8, 4) is 5.75 Å². The minimum atomic E-state index is -0.482. The zero-order valence-corrected chi connectivity index (χ0v) is 11.4. The van der Waals surface area contributed by atoms with Crippen LogP contribution in [0.4, 0.5) is 0 Å². The molecule has 1 aliphatic heterocycles. The van der Waals surface area contributed by atoms with Crippen molar-refractivity contribution in [1.82, 2.24) is 0 Å². The maximum atomic E-state index is 10.3. The average molecular weight is 275 g/mol. The Morgan fingerprint density at radius 2 is 1.89 bits per heavy atom. The quantitative estimate of drug-likeness (QED) is 0.844. The van der Waals surface area contributed by atoms with Gasteiger partial charge in [-0.3, -0.25) is 0 Å². The minimum absolute atomic E-state index is 0.123. The molecule has 1 N–H and O–H groups in total. The maximum absolute atomic E-state index is 10.3. The number of aryl methyl sites for hydroxylation is 1. The summed E-state index contributed by atoms with van der Waals surface area (Å²) in [6, 6.07) is 13.5. The van der Waals surface area contributed by atoms with Gasteiger partial charge in [-0.2, -0.15) is 0 Å². The molecule has 2 atom stereocenters. The predicted octanol–water partition coefficient (Wildman–Crippen LogP) is 4.21. The summed E-state index contributed by atoms with van der Waals surface area (Å²) in [5, 5.41) is 11.0. The highest BCUT2D eigenvalue weighted by molar-refractivity contribution is 6.30. The Morgan fingerprint density at radius 3 is 2.63 bits per heavy atom. The largest absolute Gasteiger partial charge is 0.485 e. The molecular formula is C16H15ClO2. The molecular weight excluding hydrogens is 260 g/mol. The van der Waals surface area contributed by atoms with E-state index in [-0.39, 0.29) is 6.10 Å². The highest BCUT2D eigenvalue weighted by atomic mass is 35.5. The van der Waals surface area contributed by atoms with Crippen LogP contribution in [0.3, 0.4) is 0 Å². The van der Waals surface area contributed by atoms with Crippen molar-refractivity contribution in [1.29, 1.82) is 0 Å². The van der Waals surface area contributed by atoms with Crippen LogP contribution in [-0.2, 0) is 0 Å². The van der Waals surface area contributed by atoms with Crippen LogP contribution in [0.1, 0.15) is 35.3 Å². The number of fused-ring (bicyclic) bond motifs is 1. The van der Waals surface area contributed by atoms with Crippen LogP contribution in [0, 0.1) is 6.92 Å². The van der Waals surface area contributed by atoms with E-state index in [1.54, 1.807) is 0 Å². The number of aliphatic hydroxyl groups excluding tert-OH is 1. The molecule has 1 unspecified atom stereocenters. The second-order valence-electron chi connectivity index (χ2n) is 4.95. The third-order valence-corrected chi connectivity index (χ3v) is 3.72. The fourth-order valence-electron chi connectivity index (χ4n) is 2.45. The fraction of sp³-hybridized carbons (Fsp3) is 0.250. The van der Waals surface area contributed by atoms with Crippen molar-refractivity contribution >= 4 is 11.6 Å². The van der Waals surface area contributed by atoms with E-state index in [0.717, 1.165) is 22.4 Å². The zero-order chi connectivity index (χ0) is 13.4. The molecule has 3 heteroatoms. The van der Waals surface area contributed by atoms with Gasteiger partial charge in [-0.05, 0) is 36.8 Å². The van der Waals surface area contributed by atoms with Gasteiger partial charge < -0.3 is 9.84 Å². The van der Waals surface area contributed by atoms with Crippen LogP contribution in [0.2, 0.25) is 5.02 Å². The predicted molar refractivity (Wildman–Crippen MR) is 75.6 cm³/mol. The summed E-state index contributed by atoms with van der Waals surface area (Å²) in [6.45, 7) is 2.01. The first-order chi connectivity index (χ1) is 9.13. The number of benzene rings is 2. The molecule has 0 fully saturated rings. The summed E-state index contributed by atoms with van der Waals surface area (Å²) in [6.07, 6.45) is -0.0373. The van der Waals surface area contributed by atoms with Gasteiger partial charge in [0.1, 0.15) is 11.9 Å². The van der Waals surface area contributed by atoms with E-state index in [0.29, 0.717) is 11.4 Å². The maximum Gasteiger partial charge on any atom is 0.127 e. The Morgan fingerprint density at radius 1 is 1.16 bits per heavy atom. The molecule has 3 rings (SSSR count). The Kier molecular flexibility index (Phi) is 3.21.